The number of aliphatic hydroxyl groups excluding tert-OH is 1. The van der Waals surface area contributed by atoms with Gasteiger partial charge in [-0.25, -0.2) is 0 Å². The summed E-state index contributed by atoms with van der Waals surface area (Å²) in [5.41, 5.74) is 7.75. The normalized spacial score (nSPS) is 17.2. The van der Waals surface area contributed by atoms with Crippen LogP contribution in [0.25, 0.3) is 11.1 Å². The number of nitrogens with zero attached hydrogens (tertiary/aromatic N) is 1. The number of hydrogen-bond donors (Lipinski definition) is 3. The average Bonchev–Trinajstić information content (AvgIpc) is 3.07. The Labute approximate surface area is 98.6 Å². The Balaban J connectivity index is 1.72. The molecule has 1 aromatic carbocycles. The van der Waals surface area contributed by atoms with Crippen LogP contribution in [0.4, 0.5) is 11.7 Å². The second-order valence-electron chi connectivity index (χ2n) is 4.53. The molecule has 1 aliphatic carbocycles. The monoisotopic (exact) mass is 233 g/mol. The highest BCUT2D eigenvalue weighted by molar-refractivity contribution is 5.78. The molecule has 0 spiro atoms. The Hall–Kier alpha value is -1.75. The van der Waals surface area contributed by atoms with E-state index in [-0.39, 0.29) is 6.10 Å². The quantitative estimate of drug-likeness (QED) is 0.698. The largest absolute Gasteiger partial charge is 0.424 e. The fourth-order valence-corrected chi connectivity index (χ4v) is 1.86. The maximum atomic E-state index is 9.72. The molecule has 1 aromatic heterocycles. The predicted molar refractivity (Wildman–Crippen MR) is 65.6 cm³/mol. The van der Waals surface area contributed by atoms with Gasteiger partial charge < -0.3 is 20.6 Å². The van der Waals surface area contributed by atoms with Crippen molar-refractivity contribution in [3.8, 4) is 0 Å². The predicted octanol–water partition coefficient (Wildman–Crippen LogP) is 1.59. The Morgan fingerprint density at radius 1 is 1.53 bits per heavy atom. The van der Waals surface area contributed by atoms with Crippen molar-refractivity contribution in [2.75, 3.05) is 17.6 Å². The molecule has 2 aromatic rings. The Morgan fingerprint density at radius 2 is 2.35 bits per heavy atom. The van der Waals surface area contributed by atoms with Gasteiger partial charge in [0.25, 0.3) is 6.01 Å². The molecule has 0 bridgehead atoms. The van der Waals surface area contributed by atoms with E-state index >= 15 is 0 Å². The Kier molecular flexibility index (Phi) is 2.40. The highest BCUT2D eigenvalue weighted by Crippen LogP contribution is 2.32. The zero-order valence-corrected chi connectivity index (χ0v) is 9.39. The number of nitrogens with two attached hydrogens (primary N) is 1. The maximum absolute atomic E-state index is 9.72. The molecule has 3 rings (SSSR count). The van der Waals surface area contributed by atoms with Crippen LogP contribution in [-0.2, 0) is 0 Å². The van der Waals surface area contributed by atoms with Gasteiger partial charge in [0.15, 0.2) is 5.58 Å². The van der Waals surface area contributed by atoms with Crippen LogP contribution in [0, 0.1) is 5.92 Å². The molecular formula is C12H15N3O2. The van der Waals surface area contributed by atoms with Gasteiger partial charge in [-0.15, -0.1) is 0 Å². The summed E-state index contributed by atoms with van der Waals surface area (Å²) in [5.74, 6) is 0.447. The van der Waals surface area contributed by atoms with Gasteiger partial charge in [-0.1, -0.05) is 0 Å². The van der Waals surface area contributed by atoms with Gasteiger partial charge in [0, 0.05) is 12.2 Å². The van der Waals surface area contributed by atoms with Gasteiger partial charge >= 0.3 is 0 Å². The number of hydrogen-bond acceptors (Lipinski definition) is 5. The third kappa shape index (κ3) is 2.19. The molecule has 1 heterocycles. The van der Waals surface area contributed by atoms with Crippen molar-refractivity contribution in [1.29, 1.82) is 0 Å². The highest BCUT2D eigenvalue weighted by Gasteiger charge is 2.29. The molecule has 0 amide bonds. The molecule has 1 fully saturated rings. The standard InChI is InChI=1S/C12H15N3O2/c13-8-3-4-11-9(5-8)15-12(17-11)14-6-10(16)7-1-2-7/h3-5,7,10,16H,1-2,6,13H2,(H,14,15). The van der Waals surface area contributed by atoms with Gasteiger partial charge in [-0.05, 0) is 37.0 Å². The molecule has 1 aliphatic rings. The highest BCUT2D eigenvalue weighted by atomic mass is 16.4. The van der Waals surface area contributed by atoms with Gasteiger partial charge in [-0.3, -0.25) is 0 Å². The lowest BCUT2D eigenvalue weighted by Gasteiger charge is -2.08. The smallest absolute Gasteiger partial charge is 0.295 e. The molecule has 1 atom stereocenters. The molecule has 90 valence electrons. The summed E-state index contributed by atoms with van der Waals surface area (Å²) in [6.07, 6.45) is 1.93. The number of oxazole rings is 1. The molecule has 17 heavy (non-hydrogen) atoms. The third-order valence-corrected chi connectivity index (χ3v) is 3.04. The summed E-state index contributed by atoms with van der Waals surface area (Å²) in [6.45, 7) is 0.479. The Bertz CT molecular complexity index is 534. The number of nitrogen functional groups attached to an aromatic ring is 1. The third-order valence-electron chi connectivity index (χ3n) is 3.04. The number of benzene rings is 1. The van der Waals surface area contributed by atoms with Crippen molar-refractivity contribution < 1.29 is 9.52 Å². The minimum absolute atomic E-state index is 0.310. The second-order valence-corrected chi connectivity index (χ2v) is 4.53. The van der Waals surface area contributed by atoms with Crippen LogP contribution in [0.2, 0.25) is 0 Å². The number of aromatic nitrogens is 1. The summed E-state index contributed by atoms with van der Waals surface area (Å²) in [6, 6.07) is 5.77. The van der Waals surface area contributed by atoms with E-state index in [1.54, 1.807) is 18.2 Å². The summed E-state index contributed by atoms with van der Waals surface area (Å²) >= 11 is 0. The zero-order chi connectivity index (χ0) is 11.8. The lowest BCUT2D eigenvalue weighted by atomic mass is 10.2. The van der Waals surface area contributed by atoms with Crippen LogP contribution in [0.1, 0.15) is 12.8 Å². The molecule has 0 saturated heterocycles. The van der Waals surface area contributed by atoms with Gasteiger partial charge in [0.05, 0.1) is 6.10 Å². The lowest BCUT2D eigenvalue weighted by Crippen LogP contribution is -2.21. The minimum Gasteiger partial charge on any atom is -0.424 e. The second kappa shape index (κ2) is 3.92. The van der Waals surface area contributed by atoms with Gasteiger partial charge in [0.2, 0.25) is 0 Å². The number of fused-ring (bicyclic) bond motifs is 1. The van der Waals surface area contributed by atoms with Crippen LogP contribution < -0.4 is 11.1 Å². The van der Waals surface area contributed by atoms with Crippen LogP contribution in [-0.4, -0.2) is 22.7 Å². The van der Waals surface area contributed by atoms with Crippen molar-refractivity contribution in [2.24, 2.45) is 5.92 Å². The van der Waals surface area contributed by atoms with Crippen LogP contribution in [0.15, 0.2) is 22.6 Å². The van der Waals surface area contributed by atoms with E-state index in [0.29, 0.717) is 29.7 Å². The number of nitrogens with one attached hydrogen (secondary N) is 1. The molecule has 1 saturated carbocycles. The van der Waals surface area contributed by atoms with Crippen LogP contribution in [0.3, 0.4) is 0 Å². The molecular weight excluding hydrogens is 218 g/mol. The van der Waals surface area contributed by atoms with E-state index in [2.05, 4.69) is 10.3 Å². The van der Waals surface area contributed by atoms with Crippen LogP contribution in [0.5, 0.6) is 0 Å². The van der Waals surface area contributed by atoms with Crippen molar-refractivity contribution in [1.82, 2.24) is 4.98 Å². The van der Waals surface area contributed by atoms with E-state index < -0.39 is 0 Å². The SMILES string of the molecule is Nc1ccc2oc(NCC(O)C3CC3)nc2c1. The zero-order valence-electron chi connectivity index (χ0n) is 9.39. The topological polar surface area (TPSA) is 84.3 Å². The molecule has 5 heteroatoms. The van der Waals surface area contributed by atoms with Crippen molar-refractivity contribution in [2.45, 2.75) is 18.9 Å². The first kappa shape index (κ1) is 10.4. The molecule has 1 unspecified atom stereocenters. The number of aliphatic hydroxyl groups is 1. The fraction of sp³-hybridized carbons (Fsp3) is 0.417. The van der Waals surface area contributed by atoms with E-state index in [0.717, 1.165) is 18.4 Å². The number of anilines is 2. The average molecular weight is 233 g/mol. The fourth-order valence-electron chi connectivity index (χ4n) is 1.86. The summed E-state index contributed by atoms with van der Waals surface area (Å²) in [4.78, 5) is 4.26. The summed E-state index contributed by atoms with van der Waals surface area (Å²) in [7, 11) is 0. The van der Waals surface area contributed by atoms with E-state index in [4.69, 9.17) is 10.2 Å². The molecule has 0 radical (unpaired) electrons. The van der Waals surface area contributed by atoms with E-state index in [1.165, 1.54) is 0 Å². The first-order valence-electron chi connectivity index (χ1n) is 5.80. The van der Waals surface area contributed by atoms with Gasteiger partial charge in [0.1, 0.15) is 5.52 Å². The first-order chi connectivity index (χ1) is 8.22. The lowest BCUT2D eigenvalue weighted by molar-refractivity contribution is 0.163. The maximum Gasteiger partial charge on any atom is 0.295 e. The molecule has 5 nitrogen and oxygen atoms in total. The van der Waals surface area contributed by atoms with Crippen molar-refractivity contribution >= 4 is 22.8 Å². The summed E-state index contributed by atoms with van der Waals surface area (Å²) in [5, 5.41) is 12.7. The van der Waals surface area contributed by atoms with Crippen molar-refractivity contribution in [3.63, 3.8) is 0 Å². The Morgan fingerprint density at radius 3 is 3.12 bits per heavy atom. The first-order valence-corrected chi connectivity index (χ1v) is 5.80. The number of rotatable bonds is 4. The minimum atomic E-state index is -0.310. The van der Waals surface area contributed by atoms with Crippen molar-refractivity contribution in [3.05, 3.63) is 18.2 Å². The van der Waals surface area contributed by atoms with E-state index in [1.807, 2.05) is 0 Å². The summed E-state index contributed by atoms with van der Waals surface area (Å²) < 4.78 is 5.48. The molecule has 0 aliphatic heterocycles. The van der Waals surface area contributed by atoms with Crippen LogP contribution >= 0.6 is 0 Å². The molecule has 4 N–H and O–H groups in total. The van der Waals surface area contributed by atoms with E-state index in [9.17, 15) is 5.11 Å². The van der Waals surface area contributed by atoms with Gasteiger partial charge in [-0.2, -0.15) is 4.98 Å².